The summed E-state index contributed by atoms with van der Waals surface area (Å²) in [7, 11) is 4.06. The number of hydrogen-bond acceptors (Lipinski definition) is 6. The van der Waals surface area contributed by atoms with Gasteiger partial charge in [0.25, 0.3) is 5.91 Å². The fourth-order valence-electron chi connectivity index (χ4n) is 2.73. The van der Waals surface area contributed by atoms with Crippen LogP contribution in [-0.4, -0.2) is 65.6 Å². The van der Waals surface area contributed by atoms with Gasteiger partial charge in [0.1, 0.15) is 0 Å². The molecule has 1 saturated heterocycles. The molecule has 3 rings (SSSR count). The Morgan fingerprint density at radius 3 is 3.09 bits per heavy atom. The van der Waals surface area contributed by atoms with Crippen LogP contribution in [0.25, 0.3) is 11.5 Å². The molecule has 0 aromatic carbocycles. The normalized spacial score (nSPS) is 19.1. The van der Waals surface area contributed by atoms with Gasteiger partial charge in [0.2, 0.25) is 5.76 Å². The predicted molar refractivity (Wildman–Crippen MR) is 89.5 cm³/mol. The van der Waals surface area contributed by atoms with Crippen LogP contribution < -0.4 is 0 Å². The van der Waals surface area contributed by atoms with Gasteiger partial charge in [0, 0.05) is 24.9 Å². The lowest BCUT2D eigenvalue weighted by molar-refractivity contribution is 0.0665. The van der Waals surface area contributed by atoms with E-state index in [1.165, 1.54) is 0 Å². The topological polar surface area (TPSA) is 62.7 Å². The lowest BCUT2D eigenvalue weighted by Crippen LogP contribution is -2.46. The highest BCUT2D eigenvalue weighted by atomic mass is 32.2. The fourth-order valence-corrected chi connectivity index (χ4v) is 3.78. The van der Waals surface area contributed by atoms with Crippen molar-refractivity contribution in [1.29, 1.82) is 0 Å². The van der Waals surface area contributed by atoms with Gasteiger partial charge in [-0.2, -0.15) is 11.8 Å². The van der Waals surface area contributed by atoms with E-state index in [-0.39, 0.29) is 11.9 Å². The van der Waals surface area contributed by atoms with E-state index in [1.807, 2.05) is 30.8 Å². The fraction of sp³-hybridized carbons (Fsp3) is 0.500. The summed E-state index contributed by atoms with van der Waals surface area (Å²) in [5.74, 6) is 3.03. The van der Waals surface area contributed by atoms with Crippen molar-refractivity contribution in [3.05, 3.63) is 30.2 Å². The third-order valence-corrected chi connectivity index (χ3v) is 4.97. The first-order chi connectivity index (χ1) is 11.1. The molecule has 23 heavy (non-hydrogen) atoms. The second kappa shape index (κ2) is 7.23. The van der Waals surface area contributed by atoms with Crippen molar-refractivity contribution in [2.24, 2.45) is 0 Å². The molecule has 0 N–H and O–H groups in total. The van der Waals surface area contributed by atoms with Crippen molar-refractivity contribution >= 4 is 17.7 Å². The first-order valence-electron chi connectivity index (χ1n) is 7.69. The quantitative estimate of drug-likeness (QED) is 0.855. The number of amides is 1. The molecule has 0 spiro atoms. The SMILES string of the molecule is CN(C)C[C@H]1CSCCCN1C(=O)c1cc(-c2ccco2)on1. The average Bonchev–Trinajstić information content (AvgIpc) is 3.15. The number of aromatic nitrogens is 1. The van der Waals surface area contributed by atoms with E-state index in [1.54, 1.807) is 24.5 Å². The zero-order valence-electron chi connectivity index (χ0n) is 13.4. The monoisotopic (exact) mass is 335 g/mol. The van der Waals surface area contributed by atoms with Gasteiger partial charge in [-0.15, -0.1) is 0 Å². The molecule has 1 aliphatic heterocycles. The predicted octanol–water partition coefficient (Wildman–Crippen LogP) is 2.44. The van der Waals surface area contributed by atoms with E-state index in [0.29, 0.717) is 17.2 Å². The van der Waals surface area contributed by atoms with Crippen molar-refractivity contribution < 1.29 is 13.7 Å². The Morgan fingerprint density at radius 1 is 1.48 bits per heavy atom. The first kappa shape index (κ1) is 16.1. The smallest absolute Gasteiger partial charge is 0.276 e. The van der Waals surface area contributed by atoms with Crippen LogP contribution in [0.2, 0.25) is 0 Å². The highest BCUT2D eigenvalue weighted by Gasteiger charge is 2.29. The number of carbonyl (C=O) groups is 1. The number of furan rings is 1. The van der Waals surface area contributed by atoms with E-state index < -0.39 is 0 Å². The zero-order chi connectivity index (χ0) is 16.2. The maximum atomic E-state index is 12.9. The Bertz CT molecular complexity index is 639. The largest absolute Gasteiger partial charge is 0.461 e. The molecule has 124 valence electrons. The van der Waals surface area contributed by atoms with Crippen LogP contribution in [0.5, 0.6) is 0 Å². The number of thioether (sulfide) groups is 1. The van der Waals surface area contributed by atoms with Crippen molar-refractivity contribution in [2.45, 2.75) is 12.5 Å². The van der Waals surface area contributed by atoms with Crippen molar-refractivity contribution in [2.75, 3.05) is 38.7 Å². The van der Waals surface area contributed by atoms with Crippen LogP contribution >= 0.6 is 11.8 Å². The molecule has 1 amide bonds. The molecule has 3 heterocycles. The van der Waals surface area contributed by atoms with Crippen LogP contribution in [0.3, 0.4) is 0 Å². The Balaban J connectivity index is 1.79. The number of carbonyl (C=O) groups excluding carboxylic acids is 1. The van der Waals surface area contributed by atoms with Gasteiger partial charge in [-0.05, 0) is 38.4 Å². The summed E-state index contributed by atoms with van der Waals surface area (Å²) < 4.78 is 10.5. The maximum absolute atomic E-state index is 12.9. The first-order valence-corrected chi connectivity index (χ1v) is 8.84. The van der Waals surface area contributed by atoms with Gasteiger partial charge in [0.05, 0.1) is 12.3 Å². The highest BCUT2D eigenvalue weighted by molar-refractivity contribution is 7.99. The van der Waals surface area contributed by atoms with Gasteiger partial charge in [-0.3, -0.25) is 4.79 Å². The summed E-state index contributed by atoms with van der Waals surface area (Å²) in [5, 5.41) is 3.94. The molecule has 0 radical (unpaired) electrons. The molecule has 2 aromatic rings. The van der Waals surface area contributed by atoms with E-state index in [2.05, 4.69) is 10.1 Å². The van der Waals surface area contributed by atoms with Gasteiger partial charge in [-0.1, -0.05) is 5.16 Å². The molecule has 1 aliphatic rings. The Hall–Kier alpha value is -1.73. The standard InChI is InChI=1S/C16H21N3O3S/c1-18(2)10-12-11-23-8-4-6-19(12)16(20)13-9-15(22-17-13)14-5-3-7-21-14/h3,5,7,9,12H,4,6,8,10-11H2,1-2H3/t12-/m0/s1. The van der Waals surface area contributed by atoms with Crippen LogP contribution in [0.15, 0.2) is 33.4 Å². The van der Waals surface area contributed by atoms with Crippen LogP contribution in [-0.2, 0) is 0 Å². The zero-order valence-corrected chi connectivity index (χ0v) is 14.2. The van der Waals surface area contributed by atoms with Crippen molar-refractivity contribution in [1.82, 2.24) is 15.0 Å². The van der Waals surface area contributed by atoms with E-state index in [4.69, 9.17) is 8.94 Å². The van der Waals surface area contributed by atoms with Gasteiger partial charge in [-0.25, -0.2) is 0 Å². The Kier molecular flexibility index (Phi) is 5.07. The summed E-state index contributed by atoms with van der Waals surface area (Å²) in [6.07, 6.45) is 2.57. The molecular weight excluding hydrogens is 314 g/mol. The molecule has 7 heteroatoms. The summed E-state index contributed by atoms with van der Waals surface area (Å²) in [5.41, 5.74) is 0.340. The summed E-state index contributed by atoms with van der Waals surface area (Å²) >= 11 is 1.91. The number of nitrogens with zero attached hydrogens (tertiary/aromatic N) is 3. The summed E-state index contributed by atoms with van der Waals surface area (Å²) in [6, 6.07) is 5.41. The van der Waals surface area contributed by atoms with Gasteiger partial charge < -0.3 is 18.7 Å². The third-order valence-electron chi connectivity index (χ3n) is 3.77. The van der Waals surface area contributed by atoms with E-state index in [0.717, 1.165) is 31.0 Å². The molecule has 2 aromatic heterocycles. The van der Waals surface area contributed by atoms with E-state index in [9.17, 15) is 4.79 Å². The average molecular weight is 335 g/mol. The van der Waals surface area contributed by atoms with E-state index >= 15 is 0 Å². The number of rotatable bonds is 4. The van der Waals surface area contributed by atoms with Gasteiger partial charge >= 0.3 is 0 Å². The molecule has 1 atom stereocenters. The lowest BCUT2D eigenvalue weighted by Gasteiger charge is -2.31. The molecule has 0 unspecified atom stereocenters. The van der Waals surface area contributed by atoms with Crippen LogP contribution in [0.1, 0.15) is 16.9 Å². The second-order valence-corrected chi connectivity index (χ2v) is 7.05. The molecule has 0 bridgehead atoms. The summed E-state index contributed by atoms with van der Waals surface area (Å²) in [4.78, 5) is 16.9. The van der Waals surface area contributed by atoms with Gasteiger partial charge in [0.15, 0.2) is 11.5 Å². The number of hydrogen-bond donors (Lipinski definition) is 0. The van der Waals surface area contributed by atoms with Crippen LogP contribution in [0, 0.1) is 0 Å². The molecule has 0 aliphatic carbocycles. The van der Waals surface area contributed by atoms with Crippen LogP contribution in [0.4, 0.5) is 0 Å². The summed E-state index contributed by atoms with van der Waals surface area (Å²) in [6.45, 7) is 1.61. The van der Waals surface area contributed by atoms with Crippen molar-refractivity contribution in [3.63, 3.8) is 0 Å². The lowest BCUT2D eigenvalue weighted by atomic mass is 10.2. The molecule has 0 saturated carbocycles. The number of likely N-dealkylation sites (N-methyl/N-ethyl adjacent to an activating group) is 1. The minimum atomic E-state index is -0.0686. The maximum Gasteiger partial charge on any atom is 0.276 e. The third kappa shape index (κ3) is 3.79. The molecule has 1 fully saturated rings. The Morgan fingerprint density at radius 2 is 2.35 bits per heavy atom. The minimum absolute atomic E-state index is 0.0686. The minimum Gasteiger partial charge on any atom is -0.461 e. The molecule has 6 nitrogen and oxygen atoms in total. The highest BCUT2D eigenvalue weighted by Crippen LogP contribution is 2.23. The second-order valence-electron chi connectivity index (χ2n) is 5.90. The molecular formula is C16H21N3O3S. The van der Waals surface area contributed by atoms with Crippen molar-refractivity contribution in [3.8, 4) is 11.5 Å². The Labute approximate surface area is 139 Å².